The van der Waals surface area contributed by atoms with E-state index in [4.69, 9.17) is 14.9 Å². The van der Waals surface area contributed by atoms with Gasteiger partial charge in [-0.05, 0) is 29.8 Å². The minimum atomic E-state index is -1.07. The third-order valence-corrected chi connectivity index (χ3v) is 2.08. The van der Waals surface area contributed by atoms with Gasteiger partial charge in [0.1, 0.15) is 5.75 Å². The van der Waals surface area contributed by atoms with Crippen LogP contribution in [0.5, 0.6) is 5.75 Å². The van der Waals surface area contributed by atoms with E-state index in [0.717, 1.165) is 12.2 Å². The van der Waals surface area contributed by atoms with Crippen molar-refractivity contribution in [3.63, 3.8) is 0 Å². The average Bonchev–Trinajstić information content (AvgIpc) is 2.33. The highest BCUT2D eigenvalue weighted by molar-refractivity contribution is 5.87. The van der Waals surface area contributed by atoms with Crippen LogP contribution >= 0.6 is 0 Å². The lowest BCUT2D eigenvalue weighted by atomic mass is 10.1. The summed E-state index contributed by atoms with van der Waals surface area (Å²) in [6, 6.07) is 4.96. The molecule has 0 aliphatic rings. The number of carboxylic acids is 2. The van der Waals surface area contributed by atoms with Crippen molar-refractivity contribution >= 4 is 24.1 Å². The SMILES string of the molecule is COc1ccc(C=CC(=O)O)cc1/C=C/C(=O)O. The Kier molecular flexibility index (Phi) is 4.68. The third-order valence-electron chi connectivity index (χ3n) is 2.08. The minimum Gasteiger partial charge on any atom is -0.496 e. The summed E-state index contributed by atoms with van der Waals surface area (Å²) in [7, 11) is 1.47. The van der Waals surface area contributed by atoms with Gasteiger partial charge in [-0.2, -0.15) is 0 Å². The fourth-order valence-electron chi connectivity index (χ4n) is 1.32. The van der Waals surface area contributed by atoms with Gasteiger partial charge in [0.15, 0.2) is 0 Å². The predicted molar refractivity (Wildman–Crippen MR) is 66.3 cm³/mol. The second kappa shape index (κ2) is 6.24. The molecule has 1 aromatic rings. The van der Waals surface area contributed by atoms with Gasteiger partial charge in [0.25, 0.3) is 0 Å². The lowest BCUT2D eigenvalue weighted by Crippen LogP contribution is -1.91. The van der Waals surface area contributed by atoms with Crippen molar-refractivity contribution in [3.05, 3.63) is 41.5 Å². The first-order valence-electron chi connectivity index (χ1n) is 5.03. The molecule has 1 rings (SSSR count). The highest BCUT2D eigenvalue weighted by atomic mass is 16.5. The van der Waals surface area contributed by atoms with Crippen LogP contribution in [-0.2, 0) is 9.59 Å². The zero-order chi connectivity index (χ0) is 13.5. The normalized spacial score (nSPS) is 10.9. The maximum Gasteiger partial charge on any atom is 0.328 e. The molecule has 0 aliphatic heterocycles. The van der Waals surface area contributed by atoms with Crippen molar-refractivity contribution < 1.29 is 24.5 Å². The molecule has 5 nitrogen and oxygen atoms in total. The Morgan fingerprint density at radius 2 is 1.72 bits per heavy atom. The molecule has 0 heterocycles. The summed E-state index contributed by atoms with van der Waals surface area (Å²) < 4.78 is 5.07. The van der Waals surface area contributed by atoms with E-state index in [1.54, 1.807) is 18.2 Å². The molecule has 0 saturated heterocycles. The van der Waals surface area contributed by atoms with Crippen LogP contribution < -0.4 is 4.74 Å². The van der Waals surface area contributed by atoms with Crippen molar-refractivity contribution in [3.8, 4) is 5.75 Å². The van der Waals surface area contributed by atoms with E-state index in [2.05, 4.69) is 0 Å². The molecule has 5 heteroatoms. The highest BCUT2D eigenvalue weighted by Gasteiger charge is 2.01. The second-order valence-electron chi connectivity index (χ2n) is 3.34. The number of ether oxygens (including phenoxy) is 1. The number of rotatable bonds is 5. The van der Waals surface area contributed by atoms with Crippen molar-refractivity contribution in [2.45, 2.75) is 0 Å². The van der Waals surface area contributed by atoms with E-state index in [0.29, 0.717) is 16.9 Å². The Morgan fingerprint density at radius 3 is 2.28 bits per heavy atom. The van der Waals surface area contributed by atoms with E-state index in [1.165, 1.54) is 19.3 Å². The molecule has 0 atom stereocenters. The fraction of sp³-hybridized carbons (Fsp3) is 0.0769. The number of carboxylic acid groups (broad SMARTS) is 2. The maximum absolute atomic E-state index is 10.5. The van der Waals surface area contributed by atoms with Gasteiger partial charge in [-0.1, -0.05) is 6.07 Å². The molecule has 18 heavy (non-hydrogen) atoms. The van der Waals surface area contributed by atoms with Crippen molar-refractivity contribution in [1.29, 1.82) is 0 Å². The molecule has 94 valence electrons. The summed E-state index contributed by atoms with van der Waals surface area (Å²) >= 11 is 0. The Labute approximate surface area is 104 Å². The first-order valence-corrected chi connectivity index (χ1v) is 5.03. The van der Waals surface area contributed by atoms with Gasteiger partial charge in [0.05, 0.1) is 7.11 Å². The van der Waals surface area contributed by atoms with Crippen LogP contribution in [0, 0.1) is 0 Å². The molecular weight excluding hydrogens is 236 g/mol. The van der Waals surface area contributed by atoms with Gasteiger partial charge in [-0.25, -0.2) is 9.59 Å². The molecule has 0 fully saturated rings. The fourth-order valence-corrected chi connectivity index (χ4v) is 1.32. The molecule has 0 spiro atoms. The van der Waals surface area contributed by atoms with E-state index < -0.39 is 11.9 Å². The highest BCUT2D eigenvalue weighted by Crippen LogP contribution is 2.22. The molecule has 0 radical (unpaired) electrons. The zero-order valence-corrected chi connectivity index (χ0v) is 9.66. The Bertz CT molecular complexity index is 514. The lowest BCUT2D eigenvalue weighted by molar-refractivity contribution is -0.132. The van der Waals surface area contributed by atoms with Gasteiger partial charge < -0.3 is 14.9 Å². The standard InChI is InChI=1S/C13H12O5/c1-18-11-5-2-9(3-6-12(14)15)8-10(11)4-7-13(16)17/h2-8H,1H3,(H,14,15)(H,16,17)/b6-3?,7-4+. The lowest BCUT2D eigenvalue weighted by Gasteiger charge is -2.05. The zero-order valence-electron chi connectivity index (χ0n) is 9.66. The average molecular weight is 248 g/mol. The Balaban J connectivity index is 3.09. The summed E-state index contributed by atoms with van der Waals surface area (Å²) in [5.41, 5.74) is 1.20. The van der Waals surface area contributed by atoms with E-state index >= 15 is 0 Å². The maximum atomic E-state index is 10.5. The summed E-state index contributed by atoms with van der Waals surface area (Å²) in [4.78, 5) is 20.8. The van der Waals surface area contributed by atoms with Gasteiger partial charge >= 0.3 is 11.9 Å². The van der Waals surface area contributed by atoms with Gasteiger partial charge in [0, 0.05) is 17.7 Å². The molecule has 0 bridgehead atoms. The summed E-state index contributed by atoms with van der Waals surface area (Å²) in [5.74, 6) is -1.60. The third kappa shape index (κ3) is 4.13. The van der Waals surface area contributed by atoms with Crippen molar-refractivity contribution in [2.24, 2.45) is 0 Å². The van der Waals surface area contributed by atoms with E-state index in [1.807, 2.05) is 0 Å². The molecule has 0 unspecified atom stereocenters. The van der Waals surface area contributed by atoms with Crippen LogP contribution in [0.4, 0.5) is 0 Å². The molecule has 0 amide bonds. The summed E-state index contributed by atoms with van der Waals surface area (Å²) in [5, 5.41) is 17.1. The Morgan fingerprint density at radius 1 is 1.11 bits per heavy atom. The number of carbonyl (C=O) groups is 2. The topological polar surface area (TPSA) is 83.8 Å². The van der Waals surface area contributed by atoms with E-state index in [9.17, 15) is 9.59 Å². The van der Waals surface area contributed by atoms with E-state index in [-0.39, 0.29) is 0 Å². The van der Waals surface area contributed by atoms with Crippen molar-refractivity contribution in [2.75, 3.05) is 7.11 Å². The van der Waals surface area contributed by atoms with Crippen molar-refractivity contribution in [1.82, 2.24) is 0 Å². The second-order valence-corrected chi connectivity index (χ2v) is 3.34. The van der Waals surface area contributed by atoms with Crippen LogP contribution in [0.2, 0.25) is 0 Å². The summed E-state index contributed by atoms with van der Waals surface area (Å²) in [6.45, 7) is 0. The number of benzene rings is 1. The number of aliphatic carboxylic acids is 2. The number of hydrogen-bond acceptors (Lipinski definition) is 3. The van der Waals surface area contributed by atoms with Crippen LogP contribution in [0.25, 0.3) is 12.2 Å². The van der Waals surface area contributed by atoms with Crippen LogP contribution in [-0.4, -0.2) is 29.3 Å². The quantitative estimate of drug-likeness (QED) is 0.777. The molecule has 2 N–H and O–H groups in total. The van der Waals surface area contributed by atoms with Gasteiger partial charge in [0.2, 0.25) is 0 Å². The van der Waals surface area contributed by atoms with Crippen LogP contribution in [0.15, 0.2) is 30.4 Å². The predicted octanol–water partition coefficient (Wildman–Crippen LogP) is 1.89. The molecular formula is C13H12O5. The molecule has 0 aromatic heterocycles. The first-order chi connectivity index (χ1) is 8.52. The smallest absolute Gasteiger partial charge is 0.328 e. The van der Waals surface area contributed by atoms with Crippen LogP contribution in [0.3, 0.4) is 0 Å². The number of hydrogen-bond donors (Lipinski definition) is 2. The summed E-state index contributed by atoms with van der Waals surface area (Å²) in [6.07, 6.45) is 4.80. The van der Waals surface area contributed by atoms with Gasteiger partial charge in [-0.3, -0.25) is 0 Å². The first kappa shape index (κ1) is 13.5. The monoisotopic (exact) mass is 248 g/mol. The Hall–Kier alpha value is -2.56. The molecule has 0 aliphatic carbocycles. The van der Waals surface area contributed by atoms with Crippen LogP contribution in [0.1, 0.15) is 11.1 Å². The number of methoxy groups -OCH3 is 1. The molecule has 1 aromatic carbocycles. The largest absolute Gasteiger partial charge is 0.496 e. The minimum absolute atomic E-state index is 0.514. The van der Waals surface area contributed by atoms with Gasteiger partial charge in [-0.15, -0.1) is 0 Å². The molecule has 0 saturated carbocycles.